The lowest BCUT2D eigenvalue weighted by Crippen LogP contribution is -2.30. The Balaban J connectivity index is 1.74. The van der Waals surface area contributed by atoms with Crippen LogP contribution in [0, 0.1) is 11.3 Å². The quantitative estimate of drug-likeness (QED) is 0.943. The van der Waals surface area contributed by atoms with Gasteiger partial charge in [0.1, 0.15) is 11.8 Å². The van der Waals surface area contributed by atoms with Crippen molar-refractivity contribution in [3.63, 3.8) is 0 Å². The molecule has 0 radical (unpaired) electrons. The minimum Gasteiger partial charge on any atom is -0.345 e. The maximum Gasteiger partial charge on any atom is 0.272 e. The van der Waals surface area contributed by atoms with Gasteiger partial charge >= 0.3 is 0 Å². The van der Waals surface area contributed by atoms with E-state index in [2.05, 4.69) is 5.32 Å². The van der Waals surface area contributed by atoms with Gasteiger partial charge in [0.2, 0.25) is 5.91 Å². The largest absolute Gasteiger partial charge is 0.345 e. The lowest BCUT2D eigenvalue weighted by molar-refractivity contribution is -0.117. The Morgan fingerprint density at radius 3 is 2.58 bits per heavy atom. The first-order valence-electron chi connectivity index (χ1n) is 7.79. The van der Waals surface area contributed by atoms with Gasteiger partial charge in [-0.3, -0.25) is 9.59 Å². The van der Waals surface area contributed by atoms with Gasteiger partial charge in [-0.1, -0.05) is 0 Å². The molecule has 1 unspecified atom stereocenters. The van der Waals surface area contributed by atoms with E-state index in [1.165, 1.54) is 0 Å². The molecule has 1 aliphatic rings. The van der Waals surface area contributed by atoms with E-state index in [-0.39, 0.29) is 17.9 Å². The number of benzene rings is 1. The van der Waals surface area contributed by atoms with Crippen LogP contribution in [0.25, 0.3) is 0 Å². The molecule has 1 atom stereocenters. The van der Waals surface area contributed by atoms with Crippen molar-refractivity contribution in [1.82, 2.24) is 4.57 Å². The fourth-order valence-corrected chi connectivity index (χ4v) is 2.98. The van der Waals surface area contributed by atoms with Crippen LogP contribution in [0.4, 0.5) is 11.4 Å². The van der Waals surface area contributed by atoms with Crippen LogP contribution in [-0.2, 0) is 11.8 Å². The van der Waals surface area contributed by atoms with Gasteiger partial charge < -0.3 is 14.8 Å². The molecule has 24 heavy (non-hydrogen) atoms. The first-order chi connectivity index (χ1) is 11.5. The fourth-order valence-electron chi connectivity index (χ4n) is 2.98. The third kappa shape index (κ3) is 2.88. The Kier molecular flexibility index (Phi) is 4.09. The minimum atomic E-state index is -0.280. The topological polar surface area (TPSA) is 78.1 Å². The zero-order chi connectivity index (χ0) is 17.3. The molecule has 1 aromatic heterocycles. The highest BCUT2D eigenvalue weighted by Crippen LogP contribution is 2.27. The summed E-state index contributed by atoms with van der Waals surface area (Å²) in [6, 6.07) is 11.0. The average Bonchev–Trinajstić information content (AvgIpc) is 3.11. The van der Waals surface area contributed by atoms with E-state index in [1.807, 2.05) is 25.1 Å². The van der Waals surface area contributed by atoms with Crippen molar-refractivity contribution in [3.05, 3.63) is 47.8 Å². The maximum atomic E-state index is 12.3. The van der Waals surface area contributed by atoms with Crippen molar-refractivity contribution in [1.29, 1.82) is 5.26 Å². The Morgan fingerprint density at radius 1 is 1.33 bits per heavy atom. The third-order valence-electron chi connectivity index (χ3n) is 4.26. The van der Waals surface area contributed by atoms with Crippen LogP contribution in [0.1, 0.15) is 35.8 Å². The van der Waals surface area contributed by atoms with E-state index in [9.17, 15) is 9.59 Å². The second kappa shape index (κ2) is 6.20. The van der Waals surface area contributed by atoms with E-state index >= 15 is 0 Å². The molecule has 0 bridgehead atoms. The standard InChI is InChI=1S/C18H18N4O2/c1-12-3-8-17(23)22(12)15-6-4-14(5-7-15)20-18(24)16-9-13(10-19)11-21(16)2/h4-7,9,11-12H,3,8H2,1-2H3,(H,20,24). The summed E-state index contributed by atoms with van der Waals surface area (Å²) in [4.78, 5) is 26.0. The van der Waals surface area contributed by atoms with Crippen LogP contribution >= 0.6 is 0 Å². The monoisotopic (exact) mass is 322 g/mol. The number of aromatic nitrogens is 1. The van der Waals surface area contributed by atoms with Crippen LogP contribution in [0.2, 0.25) is 0 Å². The van der Waals surface area contributed by atoms with Gasteiger partial charge in [-0.2, -0.15) is 5.26 Å². The summed E-state index contributed by atoms with van der Waals surface area (Å²) in [6.45, 7) is 2.03. The normalized spacial score (nSPS) is 17.0. The Hall–Kier alpha value is -3.07. The molecule has 122 valence electrons. The number of nitriles is 1. The van der Waals surface area contributed by atoms with Gasteiger partial charge in [-0.15, -0.1) is 0 Å². The van der Waals surface area contributed by atoms with Gasteiger partial charge in [-0.25, -0.2) is 0 Å². The molecular weight excluding hydrogens is 304 g/mol. The summed E-state index contributed by atoms with van der Waals surface area (Å²) in [5, 5.41) is 11.7. The van der Waals surface area contributed by atoms with Crippen molar-refractivity contribution in [2.75, 3.05) is 10.2 Å². The third-order valence-corrected chi connectivity index (χ3v) is 4.26. The van der Waals surface area contributed by atoms with Crippen LogP contribution in [0.3, 0.4) is 0 Å². The summed E-state index contributed by atoms with van der Waals surface area (Å²) in [6.07, 6.45) is 3.05. The number of nitrogens with zero attached hydrogens (tertiary/aromatic N) is 3. The molecule has 6 heteroatoms. The number of anilines is 2. The summed E-state index contributed by atoms with van der Waals surface area (Å²) in [5.74, 6) is -0.149. The second-order valence-corrected chi connectivity index (χ2v) is 5.99. The summed E-state index contributed by atoms with van der Waals surface area (Å²) in [5.41, 5.74) is 2.34. The highest BCUT2D eigenvalue weighted by molar-refractivity contribution is 6.03. The van der Waals surface area contributed by atoms with E-state index in [0.717, 1.165) is 12.1 Å². The van der Waals surface area contributed by atoms with Crippen LogP contribution in [0.5, 0.6) is 0 Å². The lowest BCUT2D eigenvalue weighted by atomic mass is 10.2. The van der Waals surface area contributed by atoms with Crippen molar-refractivity contribution >= 4 is 23.2 Å². The first kappa shape index (κ1) is 15.8. The number of carbonyl (C=O) groups excluding carboxylic acids is 2. The summed E-state index contributed by atoms with van der Waals surface area (Å²) in [7, 11) is 1.72. The Bertz CT molecular complexity index is 830. The second-order valence-electron chi connectivity index (χ2n) is 5.99. The van der Waals surface area contributed by atoms with Crippen molar-refractivity contribution in [2.45, 2.75) is 25.8 Å². The highest BCUT2D eigenvalue weighted by atomic mass is 16.2. The average molecular weight is 322 g/mol. The van der Waals surface area contributed by atoms with Crippen molar-refractivity contribution in [3.8, 4) is 6.07 Å². The van der Waals surface area contributed by atoms with Crippen molar-refractivity contribution < 1.29 is 9.59 Å². The van der Waals surface area contributed by atoms with Crippen LogP contribution in [-0.4, -0.2) is 22.4 Å². The van der Waals surface area contributed by atoms with Gasteiger partial charge in [0, 0.05) is 37.1 Å². The zero-order valence-electron chi connectivity index (χ0n) is 13.6. The number of carbonyl (C=O) groups is 2. The molecular formula is C18H18N4O2. The predicted molar refractivity (Wildman–Crippen MR) is 90.7 cm³/mol. The van der Waals surface area contributed by atoms with E-state index in [0.29, 0.717) is 23.4 Å². The predicted octanol–water partition coefficient (Wildman–Crippen LogP) is 2.66. The molecule has 0 aliphatic carbocycles. The number of aryl methyl sites for hydroxylation is 1. The Labute approximate surface area is 140 Å². The first-order valence-corrected chi connectivity index (χ1v) is 7.79. The van der Waals surface area contributed by atoms with Crippen LogP contribution in [0.15, 0.2) is 36.5 Å². The zero-order valence-corrected chi connectivity index (χ0v) is 13.6. The maximum absolute atomic E-state index is 12.3. The van der Waals surface area contributed by atoms with Crippen molar-refractivity contribution in [2.24, 2.45) is 7.05 Å². The van der Waals surface area contributed by atoms with E-state index in [4.69, 9.17) is 5.26 Å². The molecule has 1 saturated heterocycles. The molecule has 0 saturated carbocycles. The van der Waals surface area contributed by atoms with Gasteiger partial charge in [0.15, 0.2) is 0 Å². The smallest absolute Gasteiger partial charge is 0.272 e. The Morgan fingerprint density at radius 2 is 2.04 bits per heavy atom. The molecule has 3 rings (SSSR count). The molecule has 0 spiro atoms. The molecule has 1 aliphatic heterocycles. The number of hydrogen-bond donors (Lipinski definition) is 1. The molecule has 1 aromatic carbocycles. The molecule has 2 aromatic rings. The summed E-state index contributed by atoms with van der Waals surface area (Å²) < 4.78 is 1.62. The van der Waals surface area contributed by atoms with Gasteiger partial charge in [-0.05, 0) is 43.7 Å². The van der Waals surface area contributed by atoms with Gasteiger partial charge in [0.25, 0.3) is 5.91 Å². The number of hydrogen-bond acceptors (Lipinski definition) is 3. The van der Waals surface area contributed by atoms with E-state index < -0.39 is 0 Å². The molecule has 6 nitrogen and oxygen atoms in total. The number of amides is 2. The SMILES string of the molecule is CC1CCC(=O)N1c1ccc(NC(=O)c2cc(C#N)cn2C)cc1. The molecule has 2 heterocycles. The summed E-state index contributed by atoms with van der Waals surface area (Å²) >= 11 is 0. The van der Waals surface area contributed by atoms with Crippen LogP contribution < -0.4 is 10.2 Å². The minimum absolute atomic E-state index is 0.132. The number of rotatable bonds is 3. The number of nitrogens with one attached hydrogen (secondary N) is 1. The van der Waals surface area contributed by atoms with Gasteiger partial charge in [0.05, 0.1) is 5.56 Å². The molecule has 1 N–H and O–H groups in total. The molecule has 1 fully saturated rings. The molecule has 2 amide bonds. The highest BCUT2D eigenvalue weighted by Gasteiger charge is 2.28. The fraction of sp³-hybridized carbons (Fsp3) is 0.278. The lowest BCUT2D eigenvalue weighted by Gasteiger charge is -2.21. The van der Waals surface area contributed by atoms with E-state index in [1.54, 1.807) is 40.9 Å².